The van der Waals surface area contributed by atoms with E-state index in [1.54, 1.807) is 24.1 Å². The van der Waals surface area contributed by atoms with Crippen molar-refractivity contribution in [2.75, 3.05) is 5.32 Å². The van der Waals surface area contributed by atoms with Gasteiger partial charge in [-0.25, -0.2) is 0 Å². The summed E-state index contributed by atoms with van der Waals surface area (Å²) in [5.41, 5.74) is 3.46. The molecule has 1 heterocycles. The summed E-state index contributed by atoms with van der Waals surface area (Å²) in [4.78, 5) is 12.0. The highest BCUT2D eigenvalue weighted by Gasteiger charge is 2.11. The zero-order valence-electron chi connectivity index (χ0n) is 10.5. The third-order valence-electron chi connectivity index (χ3n) is 2.70. The van der Waals surface area contributed by atoms with Crippen LogP contribution in [0.25, 0.3) is 0 Å². The topological polar surface area (TPSA) is 46.9 Å². The van der Waals surface area contributed by atoms with E-state index in [4.69, 9.17) is 0 Å². The highest BCUT2D eigenvalue weighted by atomic mass is 79.9. The molecule has 0 atom stereocenters. The van der Waals surface area contributed by atoms with Crippen LogP contribution in [0.1, 0.15) is 21.5 Å². The molecule has 0 saturated heterocycles. The predicted molar refractivity (Wildman–Crippen MR) is 74.8 cm³/mol. The van der Waals surface area contributed by atoms with Gasteiger partial charge in [-0.15, -0.1) is 0 Å². The van der Waals surface area contributed by atoms with Crippen molar-refractivity contribution in [1.29, 1.82) is 0 Å². The molecule has 2 aromatic rings. The second-order valence-electron chi connectivity index (χ2n) is 4.27. The third-order valence-corrected chi connectivity index (χ3v) is 3.16. The number of rotatable bonds is 2. The van der Waals surface area contributed by atoms with Crippen molar-refractivity contribution in [1.82, 2.24) is 9.78 Å². The summed E-state index contributed by atoms with van der Waals surface area (Å²) in [6.07, 6.45) is 3.25. The van der Waals surface area contributed by atoms with Crippen molar-refractivity contribution >= 4 is 27.5 Å². The molecule has 1 amide bonds. The summed E-state index contributed by atoms with van der Waals surface area (Å²) in [5.74, 6) is -0.142. The number of nitrogens with zero attached hydrogens (tertiary/aromatic N) is 2. The number of aromatic nitrogens is 2. The maximum absolute atomic E-state index is 12.0. The van der Waals surface area contributed by atoms with Crippen LogP contribution in [0.15, 0.2) is 29.0 Å². The average Bonchev–Trinajstić information content (AvgIpc) is 2.70. The molecule has 0 unspecified atom stereocenters. The van der Waals surface area contributed by atoms with Gasteiger partial charge in [0.15, 0.2) is 0 Å². The lowest BCUT2D eigenvalue weighted by molar-refractivity contribution is 0.102. The molecule has 5 heteroatoms. The molecule has 0 aliphatic carbocycles. The van der Waals surface area contributed by atoms with Crippen LogP contribution in [0.4, 0.5) is 5.69 Å². The molecule has 0 fully saturated rings. The molecule has 0 bridgehead atoms. The molecule has 0 radical (unpaired) electrons. The lowest BCUT2D eigenvalue weighted by atomic mass is 10.1. The van der Waals surface area contributed by atoms with Crippen LogP contribution in [-0.4, -0.2) is 15.7 Å². The zero-order chi connectivity index (χ0) is 13.3. The minimum Gasteiger partial charge on any atom is -0.321 e. The first-order valence-corrected chi connectivity index (χ1v) is 6.33. The molecule has 0 saturated carbocycles. The van der Waals surface area contributed by atoms with Crippen molar-refractivity contribution in [3.63, 3.8) is 0 Å². The van der Waals surface area contributed by atoms with E-state index in [0.717, 1.165) is 21.3 Å². The Morgan fingerprint density at radius 1 is 1.33 bits per heavy atom. The highest BCUT2D eigenvalue weighted by Crippen LogP contribution is 2.25. The fourth-order valence-electron chi connectivity index (χ4n) is 1.83. The summed E-state index contributed by atoms with van der Waals surface area (Å²) in [6, 6.07) is 3.96. The normalized spacial score (nSPS) is 10.4. The zero-order valence-corrected chi connectivity index (χ0v) is 12.1. The number of anilines is 1. The van der Waals surface area contributed by atoms with Gasteiger partial charge in [-0.3, -0.25) is 9.48 Å². The predicted octanol–water partition coefficient (Wildman–Crippen LogP) is 3.05. The Bertz CT molecular complexity index is 581. The number of aryl methyl sites for hydroxylation is 3. The Morgan fingerprint density at radius 3 is 2.44 bits per heavy atom. The molecule has 4 nitrogen and oxygen atoms in total. The molecule has 1 aromatic carbocycles. The molecule has 1 N–H and O–H groups in total. The van der Waals surface area contributed by atoms with Gasteiger partial charge in [0.05, 0.1) is 11.8 Å². The van der Waals surface area contributed by atoms with Gasteiger partial charge in [-0.2, -0.15) is 5.10 Å². The maximum atomic E-state index is 12.0. The first-order valence-electron chi connectivity index (χ1n) is 5.54. The van der Waals surface area contributed by atoms with Gasteiger partial charge >= 0.3 is 0 Å². The van der Waals surface area contributed by atoms with Crippen molar-refractivity contribution in [3.05, 3.63) is 45.7 Å². The van der Waals surface area contributed by atoms with Gasteiger partial charge < -0.3 is 5.32 Å². The van der Waals surface area contributed by atoms with Crippen LogP contribution in [0, 0.1) is 13.8 Å². The van der Waals surface area contributed by atoms with Crippen molar-refractivity contribution in [2.24, 2.45) is 7.05 Å². The first kappa shape index (κ1) is 12.8. The highest BCUT2D eigenvalue weighted by molar-refractivity contribution is 9.10. The van der Waals surface area contributed by atoms with Gasteiger partial charge in [-0.1, -0.05) is 15.9 Å². The summed E-state index contributed by atoms with van der Waals surface area (Å²) in [6.45, 7) is 3.94. The van der Waals surface area contributed by atoms with E-state index in [9.17, 15) is 4.79 Å². The SMILES string of the molecule is Cc1cc(Br)cc(C)c1NC(=O)c1cnn(C)c1. The second-order valence-corrected chi connectivity index (χ2v) is 5.19. The number of amides is 1. The van der Waals surface area contributed by atoms with E-state index in [0.29, 0.717) is 5.56 Å². The van der Waals surface area contributed by atoms with Crippen LogP contribution in [0.3, 0.4) is 0 Å². The Hall–Kier alpha value is -1.62. The lowest BCUT2D eigenvalue weighted by Crippen LogP contribution is -2.13. The van der Waals surface area contributed by atoms with Crippen LogP contribution in [0.2, 0.25) is 0 Å². The summed E-state index contributed by atoms with van der Waals surface area (Å²) in [5, 5.41) is 6.91. The number of hydrogen-bond donors (Lipinski definition) is 1. The number of halogens is 1. The largest absolute Gasteiger partial charge is 0.321 e. The fraction of sp³-hybridized carbons (Fsp3) is 0.231. The van der Waals surface area contributed by atoms with E-state index in [2.05, 4.69) is 26.3 Å². The van der Waals surface area contributed by atoms with E-state index < -0.39 is 0 Å². The molecule has 0 aliphatic rings. The average molecular weight is 308 g/mol. The standard InChI is InChI=1S/C13H14BrN3O/c1-8-4-11(14)5-9(2)12(8)16-13(18)10-6-15-17(3)7-10/h4-7H,1-3H3,(H,16,18). The van der Waals surface area contributed by atoms with Crippen molar-refractivity contribution in [3.8, 4) is 0 Å². The Morgan fingerprint density at radius 2 is 1.94 bits per heavy atom. The molecule has 0 aliphatic heterocycles. The molecule has 0 spiro atoms. The minimum atomic E-state index is -0.142. The van der Waals surface area contributed by atoms with E-state index in [1.807, 2.05) is 26.0 Å². The van der Waals surface area contributed by atoms with Crippen molar-refractivity contribution < 1.29 is 4.79 Å². The fourth-order valence-corrected chi connectivity index (χ4v) is 2.52. The van der Waals surface area contributed by atoms with Gasteiger partial charge in [0.25, 0.3) is 5.91 Å². The maximum Gasteiger partial charge on any atom is 0.258 e. The van der Waals surface area contributed by atoms with Crippen LogP contribution >= 0.6 is 15.9 Å². The van der Waals surface area contributed by atoms with Crippen molar-refractivity contribution in [2.45, 2.75) is 13.8 Å². The Kier molecular flexibility index (Phi) is 3.52. The van der Waals surface area contributed by atoms with Crippen LogP contribution in [-0.2, 0) is 7.05 Å². The number of carbonyl (C=O) groups excluding carboxylic acids is 1. The monoisotopic (exact) mass is 307 g/mol. The molecular formula is C13H14BrN3O. The van der Waals surface area contributed by atoms with Crippen LogP contribution < -0.4 is 5.32 Å². The second kappa shape index (κ2) is 4.94. The summed E-state index contributed by atoms with van der Waals surface area (Å²) >= 11 is 3.44. The van der Waals surface area contributed by atoms with Crippen LogP contribution in [0.5, 0.6) is 0 Å². The quantitative estimate of drug-likeness (QED) is 0.927. The molecule has 94 valence electrons. The Balaban J connectivity index is 2.27. The summed E-state index contributed by atoms with van der Waals surface area (Å²) < 4.78 is 2.62. The van der Waals surface area contributed by atoms with Gasteiger partial charge in [0.1, 0.15) is 0 Å². The summed E-state index contributed by atoms with van der Waals surface area (Å²) in [7, 11) is 1.78. The number of nitrogens with one attached hydrogen (secondary N) is 1. The molecule has 1 aromatic heterocycles. The molecule has 18 heavy (non-hydrogen) atoms. The van der Waals surface area contributed by atoms with E-state index >= 15 is 0 Å². The lowest BCUT2D eigenvalue weighted by Gasteiger charge is -2.11. The number of benzene rings is 1. The third kappa shape index (κ3) is 2.61. The van der Waals surface area contributed by atoms with Gasteiger partial charge in [0, 0.05) is 23.4 Å². The number of hydrogen-bond acceptors (Lipinski definition) is 2. The van der Waals surface area contributed by atoms with E-state index in [-0.39, 0.29) is 5.91 Å². The smallest absolute Gasteiger partial charge is 0.258 e. The first-order chi connectivity index (χ1) is 8.47. The Labute approximate surface area is 114 Å². The number of carbonyl (C=O) groups is 1. The molecule has 2 rings (SSSR count). The molecular weight excluding hydrogens is 294 g/mol. The minimum absolute atomic E-state index is 0.142. The van der Waals surface area contributed by atoms with E-state index in [1.165, 1.54) is 0 Å². The van der Waals surface area contributed by atoms with Gasteiger partial charge in [0.2, 0.25) is 0 Å². The van der Waals surface area contributed by atoms with Gasteiger partial charge in [-0.05, 0) is 37.1 Å².